The summed E-state index contributed by atoms with van der Waals surface area (Å²) >= 11 is 11.2. The third kappa shape index (κ3) is 3.04. The molecule has 0 N–H and O–H groups in total. The number of benzene rings is 3. The molecule has 0 heterocycles. The Hall–Kier alpha value is -0.543. The lowest BCUT2D eigenvalue weighted by atomic mass is 9.82. The van der Waals surface area contributed by atoms with Crippen molar-refractivity contribution in [1.29, 1.82) is 0 Å². The van der Waals surface area contributed by atoms with Crippen LogP contribution < -0.4 is 5.19 Å². The molecule has 152 valence electrons. The van der Waals surface area contributed by atoms with Gasteiger partial charge in [-0.2, -0.15) is 0 Å². The molecule has 1 aliphatic carbocycles. The molecule has 0 radical (unpaired) electrons. The molecular weight excluding hydrogens is 580 g/mol. The summed E-state index contributed by atoms with van der Waals surface area (Å²) in [6.07, 6.45) is 0. The van der Waals surface area contributed by atoms with E-state index in [0.29, 0.717) is 0 Å². The van der Waals surface area contributed by atoms with E-state index in [1.165, 1.54) is 22.3 Å². The van der Waals surface area contributed by atoms with Gasteiger partial charge < -0.3 is 13.3 Å². The van der Waals surface area contributed by atoms with Crippen LogP contribution in [0, 0.1) is 0 Å². The predicted molar refractivity (Wildman–Crippen MR) is 131 cm³/mol. The molecule has 3 aromatic rings. The lowest BCUT2D eigenvalue weighted by Crippen LogP contribution is -2.55. The lowest BCUT2D eigenvalue weighted by Gasteiger charge is -2.29. The van der Waals surface area contributed by atoms with Crippen LogP contribution in [0.3, 0.4) is 0 Å². The minimum absolute atomic E-state index is 0.179. The van der Waals surface area contributed by atoms with Gasteiger partial charge in [0.2, 0.25) is 0 Å². The van der Waals surface area contributed by atoms with Gasteiger partial charge >= 0.3 is 8.80 Å². The van der Waals surface area contributed by atoms with Crippen LogP contribution in [0.25, 0.3) is 21.9 Å². The van der Waals surface area contributed by atoms with Gasteiger partial charge in [0, 0.05) is 50.7 Å². The SMILES string of the molecule is CO[Si](OC)(OC)c1cc2c(c3c(Br)cccc13)-c1cc(Br)c(Br)cc1C2(C)C. The van der Waals surface area contributed by atoms with E-state index < -0.39 is 8.80 Å². The first-order valence-electron chi connectivity index (χ1n) is 9.13. The van der Waals surface area contributed by atoms with Crippen LogP contribution in [0.15, 0.2) is 49.8 Å². The zero-order valence-corrected chi connectivity index (χ0v) is 22.6. The first kappa shape index (κ1) is 21.7. The molecule has 0 aliphatic heterocycles. The van der Waals surface area contributed by atoms with Gasteiger partial charge in [0.1, 0.15) is 0 Å². The van der Waals surface area contributed by atoms with E-state index in [1.807, 2.05) is 6.07 Å². The van der Waals surface area contributed by atoms with Crippen molar-refractivity contribution in [1.82, 2.24) is 0 Å². The first-order chi connectivity index (χ1) is 13.7. The Morgan fingerprint density at radius 2 is 1.41 bits per heavy atom. The fraction of sp³-hybridized carbons (Fsp3) is 0.273. The molecular formula is C22H21Br3O3Si. The highest BCUT2D eigenvalue weighted by Crippen LogP contribution is 2.53. The second-order valence-electron chi connectivity index (χ2n) is 7.61. The van der Waals surface area contributed by atoms with Crippen LogP contribution >= 0.6 is 47.8 Å². The summed E-state index contributed by atoms with van der Waals surface area (Å²) < 4.78 is 20.8. The molecule has 0 unspecified atom stereocenters. The molecule has 0 spiro atoms. The summed E-state index contributed by atoms with van der Waals surface area (Å²) in [5.41, 5.74) is 4.84. The highest BCUT2D eigenvalue weighted by Gasteiger charge is 2.46. The summed E-state index contributed by atoms with van der Waals surface area (Å²) in [4.78, 5) is 0. The van der Waals surface area contributed by atoms with E-state index in [0.717, 1.165) is 29.4 Å². The van der Waals surface area contributed by atoms with Crippen LogP contribution in [0.5, 0.6) is 0 Å². The molecule has 29 heavy (non-hydrogen) atoms. The number of fused-ring (bicyclic) bond motifs is 5. The molecule has 0 atom stereocenters. The van der Waals surface area contributed by atoms with Crippen LogP contribution in [-0.4, -0.2) is 30.1 Å². The molecule has 0 aromatic heterocycles. The van der Waals surface area contributed by atoms with Crippen molar-refractivity contribution in [2.45, 2.75) is 19.3 Å². The third-order valence-corrected chi connectivity index (χ3v) is 11.1. The first-order valence-corrected chi connectivity index (χ1v) is 13.2. The van der Waals surface area contributed by atoms with E-state index >= 15 is 0 Å². The van der Waals surface area contributed by atoms with Gasteiger partial charge in [-0.3, -0.25) is 0 Å². The van der Waals surface area contributed by atoms with Gasteiger partial charge in [-0.15, -0.1) is 0 Å². The van der Waals surface area contributed by atoms with Crippen molar-refractivity contribution >= 4 is 72.6 Å². The summed E-state index contributed by atoms with van der Waals surface area (Å²) in [6, 6.07) is 12.9. The van der Waals surface area contributed by atoms with Crippen molar-refractivity contribution in [3.8, 4) is 11.1 Å². The van der Waals surface area contributed by atoms with Crippen LogP contribution in [0.1, 0.15) is 25.0 Å². The lowest BCUT2D eigenvalue weighted by molar-refractivity contribution is 0.140. The molecule has 1 aliphatic rings. The molecule has 3 nitrogen and oxygen atoms in total. The molecule has 4 rings (SSSR count). The normalized spacial score (nSPS) is 14.9. The second-order valence-corrected chi connectivity index (χ2v) is 13.1. The monoisotopic (exact) mass is 598 g/mol. The standard InChI is InChI=1S/C22H21Br3O3Si/c1-22(2)14-10-18(25)17(24)9-13(14)20-15(22)11-19(29(26-3,27-4)28-5)12-7-6-8-16(23)21(12)20/h6-11H,1-5H3. The molecule has 0 saturated carbocycles. The second kappa shape index (κ2) is 7.55. The third-order valence-electron chi connectivity index (χ3n) is 5.92. The summed E-state index contributed by atoms with van der Waals surface area (Å²) in [5, 5.41) is 3.22. The predicted octanol–water partition coefficient (Wildman–Crippen LogP) is 6.52. The van der Waals surface area contributed by atoms with E-state index in [-0.39, 0.29) is 5.41 Å². The van der Waals surface area contributed by atoms with Gasteiger partial charge in [-0.05, 0) is 77.7 Å². The van der Waals surface area contributed by atoms with E-state index in [9.17, 15) is 0 Å². The van der Waals surface area contributed by atoms with Crippen molar-refractivity contribution in [3.63, 3.8) is 0 Å². The summed E-state index contributed by atoms with van der Waals surface area (Å²) in [5.74, 6) is 0. The van der Waals surface area contributed by atoms with Crippen LogP contribution in [0.4, 0.5) is 0 Å². The Kier molecular flexibility index (Phi) is 5.64. The van der Waals surface area contributed by atoms with Gasteiger partial charge in [0.05, 0.1) is 0 Å². The van der Waals surface area contributed by atoms with Crippen molar-refractivity contribution < 1.29 is 13.3 Å². The zero-order chi connectivity index (χ0) is 21.1. The van der Waals surface area contributed by atoms with Crippen LogP contribution in [0.2, 0.25) is 0 Å². The molecule has 3 aromatic carbocycles. The Balaban J connectivity index is 2.22. The van der Waals surface area contributed by atoms with Gasteiger partial charge in [-0.25, -0.2) is 0 Å². The Bertz CT molecular complexity index is 1130. The van der Waals surface area contributed by atoms with Gasteiger partial charge in [-0.1, -0.05) is 48.0 Å². The Morgan fingerprint density at radius 3 is 2.03 bits per heavy atom. The Labute approximate surface area is 197 Å². The molecule has 0 saturated heterocycles. The average Bonchev–Trinajstić information content (AvgIpc) is 2.91. The minimum Gasteiger partial charge on any atom is -0.373 e. The van der Waals surface area contributed by atoms with Crippen molar-refractivity contribution in [3.05, 3.63) is 60.9 Å². The topological polar surface area (TPSA) is 27.7 Å². The van der Waals surface area contributed by atoms with Crippen molar-refractivity contribution in [2.24, 2.45) is 0 Å². The number of rotatable bonds is 4. The van der Waals surface area contributed by atoms with E-state index in [2.05, 4.69) is 92.0 Å². The quantitative estimate of drug-likeness (QED) is 0.319. The van der Waals surface area contributed by atoms with Gasteiger partial charge in [0.25, 0.3) is 0 Å². The highest BCUT2D eigenvalue weighted by molar-refractivity contribution is 9.13. The maximum Gasteiger partial charge on any atom is 0.537 e. The number of hydrogen-bond donors (Lipinski definition) is 0. The summed E-state index contributed by atoms with van der Waals surface area (Å²) in [6.45, 7) is 4.53. The summed E-state index contributed by atoms with van der Waals surface area (Å²) in [7, 11) is 1.92. The smallest absolute Gasteiger partial charge is 0.373 e. The largest absolute Gasteiger partial charge is 0.537 e. The highest BCUT2D eigenvalue weighted by atomic mass is 79.9. The fourth-order valence-electron chi connectivity index (χ4n) is 4.45. The maximum atomic E-state index is 5.88. The molecule has 0 fully saturated rings. The van der Waals surface area contributed by atoms with Crippen LogP contribution in [-0.2, 0) is 18.7 Å². The molecule has 0 bridgehead atoms. The average molecular weight is 601 g/mol. The molecule has 7 heteroatoms. The van der Waals surface area contributed by atoms with Gasteiger partial charge in [0.15, 0.2) is 0 Å². The Morgan fingerprint density at radius 1 is 0.793 bits per heavy atom. The number of hydrogen-bond acceptors (Lipinski definition) is 3. The van der Waals surface area contributed by atoms with Crippen molar-refractivity contribution in [2.75, 3.05) is 21.3 Å². The van der Waals surface area contributed by atoms with E-state index in [4.69, 9.17) is 13.3 Å². The maximum absolute atomic E-state index is 5.88. The number of halogens is 3. The zero-order valence-electron chi connectivity index (χ0n) is 16.8. The minimum atomic E-state index is -3.05. The molecule has 0 amide bonds. The fourth-order valence-corrected chi connectivity index (χ4v) is 7.72. The van der Waals surface area contributed by atoms with E-state index in [1.54, 1.807) is 21.3 Å².